The van der Waals surface area contributed by atoms with Gasteiger partial charge in [-0.15, -0.1) is 0 Å². The predicted molar refractivity (Wildman–Crippen MR) is 95.4 cm³/mol. The molecule has 0 aromatic heterocycles. The van der Waals surface area contributed by atoms with E-state index in [1.54, 1.807) is 49.9 Å². The van der Waals surface area contributed by atoms with Crippen molar-refractivity contribution in [3.63, 3.8) is 0 Å². The highest BCUT2D eigenvalue weighted by molar-refractivity contribution is 6.30. The smallest absolute Gasteiger partial charge is 0.408 e. The van der Waals surface area contributed by atoms with Gasteiger partial charge in [0, 0.05) is 18.1 Å². The first kappa shape index (κ1) is 19.5. The first-order chi connectivity index (χ1) is 11.6. The second kappa shape index (κ2) is 8.06. The minimum atomic E-state index is -0.633. The van der Waals surface area contributed by atoms with E-state index in [4.69, 9.17) is 16.3 Å². The van der Waals surface area contributed by atoms with E-state index in [-0.39, 0.29) is 12.3 Å². The number of nitrogens with one attached hydrogen (secondary N) is 1. The number of alkyl carbamates (subject to hydrolysis) is 1. The number of benzene rings is 1. The molecule has 0 unspecified atom stereocenters. The van der Waals surface area contributed by atoms with Crippen molar-refractivity contribution in [2.75, 3.05) is 13.1 Å². The lowest BCUT2D eigenvalue weighted by Crippen LogP contribution is -2.38. The van der Waals surface area contributed by atoms with Crippen LogP contribution in [0.4, 0.5) is 4.79 Å². The molecule has 2 rings (SSSR count). The Bertz CT molecular complexity index is 630. The fourth-order valence-electron chi connectivity index (χ4n) is 2.70. The third kappa shape index (κ3) is 6.21. The van der Waals surface area contributed by atoms with Gasteiger partial charge in [0.05, 0.1) is 18.6 Å². The molecule has 6 nitrogen and oxygen atoms in total. The van der Waals surface area contributed by atoms with Crippen LogP contribution < -0.4 is 5.32 Å². The molecule has 7 heteroatoms. The van der Waals surface area contributed by atoms with Crippen LogP contribution in [0.25, 0.3) is 0 Å². The van der Waals surface area contributed by atoms with E-state index < -0.39 is 23.8 Å². The molecule has 2 atom stereocenters. The molecule has 0 bridgehead atoms. The van der Waals surface area contributed by atoms with Crippen LogP contribution in [-0.4, -0.2) is 46.8 Å². The molecule has 1 fully saturated rings. The molecule has 1 aromatic rings. The topological polar surface area (TPSA) is 78.9 Å². The zero-order valence-corrected chi connectivity index (χ0v) is 15.5. The normalized spacial score (nSPS) is 18.8. The summed E-state index contributed by atoms with van der Waals surface area (Å²) in [6, 6.07) is 6.47. The van der Waals surface area contributed by atoms with Gasteiger partial charge in [0.1, 0.15) is 5.60 Å². The number of halogens is 1. The minimum absolute atomic E-state index is 0.0757. The lowest BCUT2D eigenvalue weighted by Gasteiger charge is -2.25. The Hall–Kier alpha value is -1.79. The number of amides is 2. The monoisotopic (exact) mass is 368 g/mol. The summed E-state index contributed by atoms with van der Waals surface area (Å²) in [6.45, 7) is 6.18. The summed E-state index contributed by atoms with van der Waals surface area (Å²) >= 11 is 6.04. The van der Waals surface area contributed by atoms with E-state index in [9.17, 15) is 14.7 Å². The first-order valence-corrected chi connectivity index (χ1v) is 8.72. The van der Waals surface area contributed by atoms with Crippen molar-refractivity contribution in [1.82, 2.24) is 10.2 Å². The van der Waals surface area contributed by atoms with Crippen molar-refractivity contribution in [2.24, 2.45) is 0 Å². The maximum atomic E-state index is 12.5. The average Bonchev–Trinajstić information content (AvgIpc) is 2.91. The summed E-state index contributed by atoms with van der Waals surface area (Å²) in [6.07, 6.45) is -0.418. The maximum Gasteiger partial charge on any atom is 0.408 e. The maximum absolute atomic E-state index is 12.5. The van der Waals surface area contributed by atoms with Crippen LogP contribution >= 0.6 is 11.6 Å². The lowest BCUT2D eigenvalue weighted by molar-refractivity contribution is -0.131. The first-order valence-electron chi connectivity index (χ1n) is 8.35. The van der Waals surface area contributed by atoms with Crippen molar-refractivity contribution in [3.05, 3.63) is 34.9 Å². The SMILES string of the molecule is CC(C)(C)OC(=O)N[C@@H](CC(=O)N1CC[C@@H](O)C1)c1cccc(Cl)c1. The van der Waals surface area contributed by atoms with Gasteiger partial charge in [-0.05, 0) is 44.9 Å². The van der Waals surface area contributed by atoms with Gasteiger partial charge < -0.3 is 20.1 Å². The molecule has 138 valence electrons. The van der Waals surface area contributed by atoms with Crippen LogP contribution in [0.15, 0.2) is 24.3 Å². The molecular weight excluding hydrogens is 344 g/mol. The second-order valence-electron chi connectivity index (χ2n) is 7.24. The summed E-state index contributed by atoms with van der Waals surface area (Å²) in [4.78, 5) is 26.3. The highest BCUT2D eigenvalue weighted by Gasteiger charge is 2.28. The Morgan fingerprint density at radius 2 is 2.16 bits per heavy atom. The number of rotatable bonds is 4. The second-order valence-corrected chi connectivity index (χ2v) is 7.68. The zero-order chi connectivity index (χ0) is 18.6. The summed E-state index contributed by atoms with van der Waals surface area (Å²) in [7, 11) is 0. The van der Waals surface area contributed by atoms with E-state index >= 15 is 0 Å². The van der Waals surface area contributed by atoms with Crippen LogP contribution in [0.2, 0.25) is 5.02 Å². The minimum Gasteiger partial charge on any atom is -0.444 e. The number of likely N-dealkylation sites (tertiary alicyclic amines) is 1. The Kier molecular flexibility index (Phi) is 6.30. The van der Waals surface area contributed by atoms with Crippen LogP contribution in [0.3, 0.4) is 0 Å². The molecule has 1 aromatic carbocycles. The van der Waals surface area contributed by atoms with Gasteiger partial charge in [-0.1, -0.05) is 23.7 Å². The largest absolute Gasteiger partial charge is 0.444 e. The molecule has 2 N–H and O–H groups in total. The Balaban J connectivity index is 2.11. The third-order valence-electron chi connectivity index (χ3n) is 3.84. The van der Waals surface area contributed by atoms with E-state index in [2.05, 4.69) is 5.32 Å². The number of nitrogens with zero attached hydrogens (tertiary/aromatic N) is 1. The molecule has 1 aliphatic rings. The Morgan fingerprint density at radius 3 is 2.72 bits per heavy atom. The molecule has 2 amide bonds. The number of hydrogen-bond acceptors (Lipinski definition) is 4. The fourth-order valence-corrected chi connectivity index (χ4v) is 2.90. The molecule has 0 saturated carbocycles. The summed E-state index contributed by atoms with van der Waals surface area (Å²) in [5, 5.41) is 12.9. The zero-order valence-electron chi connectivity index (χ0n) is 14.8. The number of hydrogen-bond donors (Lipinski definition) is 2. The number of carbonyl (C=O) groups excluding carboxylic acids is 2. The number of aliphatic hydroxyl groups excluding tert-OH is 1. The molecule has 0 radical (unpaired) electrons. The summed E-state index contributed by atoms with van der Waals surface area (Å²) in [5.74, 6) is -0.127. The standard InChI is InChI=1S/C18H25ClN2O4/c1-18(2,3)25-17(24)20-15(12-5-4-6-13(19)9-12)10-16(23)21-8-7-14(22)11-21/h4-6,9,14-15,22H,7-8,10-11H2,1-3H3,(H,20,24)/t14-,15+/m1/s1. The number of β-amino-alcohol motifs (C(OH)–C–C–N with tert-alkyl or cyclic N) is 1. The van der Waals surface area contributed by atoms with Gasteiger partial charge in [-0.3, -0.25) is 4.79 Å². The van der Waals surface area contributed by atoms with E-state index in [1.165, 1.54) is 0 Å². The molecule has 1 saturated heterocycles. The third-order valence-corrected chi connectivity index (χ3v) is 4.07. The van der Waals surface area contributed by atoms with Gasteiger partial charge in [-0.25, -0.2) is 4.79 Å². The Morgan fingerprint density at radius 1 is 1.44 bits per heavy atom. The summed E-state index contributed by atoms with van der Waals surface area (Å²) < 4.78 is 5.30. The number of aliphatic hydroxyl groups is 1. The van der Waals surface area contributed by atoms with Gasteiger partial charge in [0.15, 0.2) is 0 Å². The predicted octanol–water partition coefficient (Wildman–Crippen LogP) is 2.89. The van der Waals surface area contributed by atoms with Crippen molar-refractivity contribution in [3.8, 4) is 0 Å². The van der Waals surface area contributed by atoms with E-state index in [0.717, 1.165) is 5.56 Å². The summed E-state index contributed by atoms with van der Waals surface area (Å²) in [5.41, 5.74) is 0.0953. The lowest BCUT2D eigenvalue weighted by atomic mass is 10.0. The molecule has 0 spiro atoms. The van der Waals surface area contributed by atoms with Gasteiger partial charge in [0.25, 0.3) is 0 Å². The van der Waals surface area contributed by atoms with Crippen LogP contribution in [0.1, 0.15) is 45.2 Å². The van der Waals surface area contributed by atoms with Crippen molar-refractivity contribution in [1.29, 1.82) is 0 Å². The van der Waals surface area contributed by atoms with Gasteiger partial charge in [0.2, 0.25) is 5.91 Å². The molecule has 1 aliphatic heterocycles. The van der Waals surface area contributed by atoms with E-state index in [1.807, 2.05) is 0 Å². The average molecular weight is 369 g/mol. The van der Waals surface area contributed by atoms with E-state index in [0.29, 0.717) is 24.5 Å². The van der Waals surface area contributed by atoms with Crippen molar-refractivity contribution in [2.45, 2.75) is 51.4 Å². The van der Waals surface area contributed by atoms with Crippen LogP contribution in [0, 0.1) is 0 Å². The molecule has 1 heterocycles. The van der Waals surface area contributed by atoms with Crippen molar-refractivity contribution >= 4 is 23.6 Å². The molecule has 25 heavy (non-hydrogen) atoms. The number of carbonyl (C=O) groups is 2. The Labute approximate surface area is 153 Å². The fraction of sp³-hybridized carbons (Fsp3) is 0.556. The number of ether oxygens (including phenoxy) is 1. The molecule has 0 aliphatic carbocycles. The quantitative estimate of drug-likeness (QED) is 0.856. The highest BCUT2D eigenvalue weighted by Crippen LogP contribution is 2.23. The van der Waals surface area contributed by atoms with Gasteiger partial charge in [-0.2, -0.15) is 0 Å². The van der Waals surface area contributed by atoms with Crippen LogP contribution in [-0.2, 0) is 9.53 Å². The van der Waals surface area contributed by atoms with Crippen molar-refractivity contribution < 1.29 is 19.4 Å². The van der Waals surface area contributed by atoms with Crippen LogP contribution in [0.5, 0.6) is 0 Å². The molecular formula is C18H25ClN2O4. The highest BCUT2D eigenvalue weighted by atomic mass is 35.5. The van der Waals surface area contributed by atoms with Gasteiger partial charge >= 0.3 is 6.09 Å².